The van der Waals surface area contributed by atoms with Gasteiger partial charge >= 0.3 is 5.97 Å². The van der Waals surface area contributed by atoms with Crippen LogP contribution in [-0.4, -0.2) is 47.0 Å². The summed E-state index contributed by atoms with van der Waals surface area (Å²) in [5.41, 5.74) is 5.71. The molecular formula is C14H24N2O4. The van der Waals surface area contributed by atoms with E-state index in [1.54, 1.807) is 0 Å². The Labute approximate surface area is 119 Å². The summed E-state index contributed by atoms with van der Waals surface area (Å²) in [6.07, 6.45) is 4.28. The molecule has 1 aliphatic carbocycles. The molecule has 2 unspecified atom stereocenters. The van der Waals surface area contributed by atoms with Crippen molar-refractivity contribution in [2.75, 3.05) is 6.54 Å². The van der Waals surface area contributed by atoms with E-state index in [-0.39, 0.29) is 29.9 Å². The number of rotatable bonds is 5. The first-order valence-corrected chi connectivity index (χ1v) is 7.22. The smallest absolute Gasteiger partial charge is 0.320 e. The Kier molecular flexibility index (Phi) is 5.01. The highest BCUT2D eigenvalue weighted by Gasteiger charge is 2.34. The molecular weight excluding hydrogens is 260 g/mol. The molecule has 1 saturated heterocycles. The molecule has 2 rings (SSSR count). The fourth-order valence-electron chi connectivity index (χ4n) is 3.17. The molecule has 0 radical (unpaired) electrons. The number of aliphatic carboxylic acids is 1. The van der Waals surface area contributed by atoms with Crippen LogP contribution in [0, 0.1) is 5.92 Å². The lowest BCUT2D eigenvalue weighted by molar-refractivity contribution is -0.140. The molecule has 1 aliphatic heterocycles. The van der Waals surface area contributed by atoms with Crippen molar-refractivity contribution in [1.29, 1.82) is 0 Å². The predicted molar refractivity (Wildman–Crippen MR) is 74.4 cm³/mol. The van der Waals surface area contributed by atoms with Crippen LogP contribution in [0.2, 0.25) is 0 Å². The van der Waals surface area contributed by atoms with Crippen molar-refractivity contribution in [2.24, 2.45) is 11.7 Å². The molecule has 5 N–H and O–H groups in total. The Morgan fingerprint density at radius 2 is 2.05 bits per heavy atom. The van der Waals surface area contributed by atoms with Crippen LogP contribution in [0.5, 0.6) is 0 Å². The predicted octanol–water partition coefficient (Wildman–Crippen LogP) is 0.776. The zero-order valence-electron chi connectivity index (χ0n) is 11.6. The summed E-state index contributed by atoms with van der Waals surface area (Å²) >= 11 is 0. The fraction of sp³-hybridized carbons (Fsp3) is 0.786. The number of hydrogen-bond acceptors (Lipinski definition) is 5. The summed E-state index contributed by atoms with van der Waals surface area (Å²) in [6.45, 7) is 4.22. The zero-order valence-corrected chi connectivity index (χ0v) is 11.6. The molecule has 0 aromatic heterocycles. The second kappa shape index (κ2) is 6.56. The second-order valence-electron chi connectivity index (χ2n) is 5.86. The van der Waals surface area contributed by atoms with Gasteiger partial charge < -0.3 is 26.0 Å². The first-order chi connectivity index (χ1) is 9.47. The van der Waals surface area contributed by atoms with Gasteiger partial charge in [-0.1, -0.05) is 13.0 Å². The Morgan fingerprint density at radius 3 is 2.65 bits per heavy atom. The van der Waals surface area contributed by atoms with Gasteiger partial charge in [-0.3, -0.25) is 4.79 Å². The molecule has 6 nitrogen and oxygen atoms in total. The first-order valence-electron chi connectivity index (χ1n) is 7.22. The van der Waals surface area contributed by atoms with Crippen molar-refractivity contribution in [2.45, 2.75) is 56.4 Å². The second-order valence-corrected chi connectivity index (χ2v) is 5.86. The van der Waals surface area contributed by atoms with Crippen LogP contribution < -0.4 is 11.1 Å². The van der Waals surface area contributed by atoms with E-state index < -0.39 is 12.0 Å². The first kappa shape index (κ1) is 15.3. The third-order valence-electron chi connectivity index (χ3n) is 4.34. The maximum atomic E-state index is 11.0. The molecule has 0 amide bonds. The number of aliphatic hydroxyl groups is 1. The monoisotopic (exact) mass is 284 g/mol. The number of ether oxygens (including phenoxy) is 1. The molecule has 0 bridgehead atoms. The zero-order chi connectivity index (χ0) is 14.7. The van der Waals surface area contributed by atoms with Gasteiger partial charge in [0.2, 0.25) is 0 Å². The van der Waals surface area contributed by atoms with E-state index in [1.807, 2.05) is 0 Å². The lowest BCUT2D eigenvalue weighted by atomic mass is 9.82. The molecule has 0 aromatic carbocycles. The SMILES string of the molecule is C=C(O)[C@@H]1C[C@H](OC2CCCC([C@H](N)C(=O)O)C2)CN1. The minimum absolute atomic E-state index is 0.00998. The van der Waals surface area contributed by atoms with Crippen LogP contribution in [-0.2, 0) is 9.53 Å². The largest absolute Gasteiger partial charge is 0.511 e. The topological polar surface area (TPSA) is 105 Å². The number of nitrogens with one attached hydrogen (secondary N) is 1. The Balaban J connectivity index is 1.82. The highest BCUT2D eigenvalue weighted by molar-refractivity contribution is 5.73. The van der Waals surface area contributed by atoms with Crippen LogP contribution >= 0.6 is 0 Å². The van der Waals surface area contributed by atoms with Crippen LogP contribution in [0.1, 0.15) is 32.1 Å². The van der Waals surface area contributed by atoms with E-state index in [9.17, 15) is 9.90 Å². The summed E-state index contributed by atoms with van der Waals surface area (Å²) in [4.78, 5) is 11.0. The number of nitrogens with two attached hydrogens (primary N) is 1. The van der Waals surface area contributed by atoms with Gasteiger partial charge in [0.25, 0.3) is 0 Å². The van der Waals surface area contributed by atoms with Gasteiger partial charge in [-0.05, 0) is 31.6 Å². The number of hydrogen-bond donors (Lipinski definition) is 4. The van der Waals surface area contributed by atoms with Crippen molar-refractivity contribution in [3.8, 4) is 0 Å². The van der Waals surface area contributed by atoms with E-state index in [0.717, 1.165) is 19.3 Å². The van der Waals surface area contributed by atoms with Crippen LogP contribution in [0.25, 0.3) is 0 Å². The van der Waals surface area contributed by atoms with Crippen molar-refractivity contribution in [3.63, 3.8) is 0 Å². The maximum absolute atomic E-state index is 11.0. The van der Waals surface area contributed by atoms with Gasteiger partial charge in [-0.2, -0.15) is 0 Å². The number of carboxylic acids is 1. The van der Waals surface area contributed by atoms with Gasteiger partial charge in [0.05, 0.1) is 18.2 Å². The summed E-state index contributed by atoms with van der Waals surface area (Å²) in [6, 6.07) is -0.895. The van der Waals surface area contributed by atoms with E-state index in [2.05, 4.69) is 11.9 Å². The standard InChI is InChI=1S/C14H24N2O4/c1-8(17)12-6-11(7-16-12)20-10-4-2-3-9(5-10)13(15)14(18)19/h9-13,16-17H,1-7,15H2,(H,18,19)/t9?,10?,11-,12-,13-/m0/s1. The summed E-state index contributed by atoms with van der Waals surface area (Å²) in [5, 5.41) is 21.5. The molecule has 1 saturated carbocycles. The quantitative estimate of drug-likeness (QED) is 0.556. The summed E-state index contributed by atoms with van der Waals surface area (Å²) in [7, 11) is 0. The molecule has 6 heteroatoms. The van der Waals surface area contributed by atoms with Crippen LogP contribution in [0.15, 0.2) is 12.3 Å². The molecule has 0 aromatic rings. The molecule has 114 valence electrons. The average molecular weight is 284 g/mol. The Bertz CT molecular complexity index is 374. The van der Waals surface area contributed by atoms with Crippen molar-refractivity contribution >= 4 is 5.97 Å². The van der Waals surface area contributed by atoms with Gasteiger partial charge in [0, 0.05) is 6.54 Å². The van der Waals surface area contributed by atoms with Crippen molar-refractivity contribution < 1.29 is 19.7 Å². The maximum Gasteiger partial charge on any atom is 0.320 e. The minimum Gasteiger partial charge on any atom is -0.511 e. The fourth-order valence-corrected chi connectivity index (χ4v) is 3.17. The van der Waals surface area contributed by atoms with Crippen molar-refractivity contribution in [3.05, 3.63) is 12.3 Å². The van der Waals surface area contributed by atoms with E-state index >= 15 is 0 Å². The number of carboxylic acid groups (broad SMARTS) is 1. The van der Waals surface area contributed by atoms with Gasteiger partial charge in [-0.15, -0.1) is 0 Å². The lowest BCUT2D eigenvalue weighted by Crippen LogP contribution is -2.42. The Hall–Kier alpha value is -1.11. The van der Waals surface area contributed by atoms with Crippen LogP contribution in [0.3, 0.4) is 0 Å². The molecule has 20 heavy (non-hydrogen) atoms. The van der Waals surface area contributed by atoms with Crippen LogP contribution in [0.4, 0.5) is 0 Å². The third-order valence-corrected chi connectivity index (χ3v) is 4.34. The van der Waals surface area contributed by atoms with Gasteiger partial charge in [0.1, 0.15) is 11.8 Å². The third kappa shape index (κ3) is 3.71. The highest BCUT2D eigenvalue weighted by Crippen LogP contribution is 2.30. The summed E-state index contributed by atoms with van der Waals surface area (Å²) < 4.78 is 6.03. The number of carbonyl (C=O) groups is 1. The molecule has 2 fully saturated rings. The molecule has 2 aliphatic rings. The van der Waals surface area contributed by atoms with E-state index in [1.165, 1.54) is 0 Å². The molecule has 5 atom stereocenters. The highest BCUT2D eigenvalue weighted by atomic mass is 16.5. The van der Waals surface area contributed by atoms with Gasteiger partial charge in [-0.25, -0.2) is 0 Å². The lowest BCUT2D eigenvalue weighted by Gasteiger charge is -2.32. The number of aliphatic hydroxyl groups excluding tert-OH is 1. The average Bonchev–Trinajstić information content (AvgIpc) is 2.86. The van der Waals surface area contributed by atoms with E-state index in [4.69, 9.17) is 15.6 Å². The Morgan fingerprint density at radius 1 is 1.30 bits per heavy atom. The molecule has 0 spiro atoms. The van der Waals surface area contributed by atoms with Gasteiger partial charge in [0.15, 0.2) is 0 Å². The summed E-state index contributed by atoms with van der Waals surface area (Å²) in [5.74, 6) is -0.801. The molecule has 1 heterocycles. The minimum atomic E-state index is -0.935. The van der Waals surface area contributed by atoms with Crippen molar-refractivity contribution in [1.82, 2.24) is 5.32 Å². The normalized spacial score (nSPS) is 35.6. The van der Waals surface area contributed by atoms with E-state index in [0.29, 0.717) is 19.4 Å².